The summed E-state index contributed by atoms with van der Waals surface area (Å²) in [6.45, 7) is 4.88. The van der Waals surface area contributed by atoms with Crippen LogP contribution in [-0.2, 0) is 6.54 Å². The standard InChI is InChI=1S/C21H18FN5O2S/c1-12-18-17(16-4-3-11-29-16)24-19(20-23-13(2)25-30-20)27(18)10-9-26(12)21(28)14-5-7-15(22)8-6-14/h3-8,11-12H,9-10H2,1-2H3. The van der Waals surface area contributed by atoms with Crippen molar-refractivity contribution in [1.82, 2.24) is 23.8 Å². The molecular formula is C21H18FN5O2S. The average molecular weight is 423 g/mol. The predicted octanol–water partition coefficient (Wildman–Crippen LogP) is 4.33. The fourth-order valence-corrected chi connectivity index (χ4v) is 4.52. The van der Waals surface area contributed by atoms with Gasteiger partial charge in [0.05, 0.1) is 18.0 Å². The van der Waals surface area contributed by atoms with Gasteiger partial charge in [-0.15, -0.1) is 0 Å². The van der Waals surface area contributed by atoms with Crippen LogP contribution in [0.3, 0.4) is 0 Å². The van der Waals surface area contributed by atoms with E-state index >= 15 is 0 Å². The number of benzene rings is 1. The van der Waals surface area contributed by atoms with E-state index in [1.54, 1.807) is 11.2 Å². The molecule has 30 heavy (non-hydrogen) atoms. The van der Waals surface area contributed by atoms with Gasteiger partial charge in [-0.2, -0.15) is 4.37 Å². The quantitative estimate of drug-likeness (QED) is 0.490. The van der Waals surface area contributed by atoms with E-state index in [9.17, 15) is 9.18 Å². The molecule has 9 heteroatoms. The molecule has 1 atom stereocenters. The summed E-state index contributed by atoms with van der Waals surface area (Å²) in [4.78, 5) is 24.3. The molecular weight excluding hydrogens is 405 g/mol. The summed E-state index contributed by atoms with van der Waals surface area (Å²) in [6, 6.07) is 9.04. The molecule has 1 aliphatic heterocycles. The molecule has 5 rings (SSSR count). The van der Waals surface area contributed by atoms with Crippen LogP contribution >= 0.6 is 11.5 Å². The van der Waals surface area contributed by atoms with Gasteiger partial charge < -0.3 is 13.9 Å². The number of fused-ring (bicyclic) bond motifs is 1. The number of aromatic nitrogens is 4. The maximum atomic E-state index is 13.3. The Hall–Kier alpha value is -3.33. The Morgan fingerprint density at radius 1 is 1.20 bits per heavy atom. The number of rotatable bonds is 3. The van der Waals surface area contributed by atoms with Crippen LogP contribution in [-0.4, -0.2) is 36.3 Å². The van der Waals surface area contributed by atoms with E-state index in [0.29, 0.717) is 35.9 Å². The van der Waals surface area contributed by atoms with Crippen LogP contribution in [0.2, 0.25) is 0 Å². The summed E-state index contributed by atoms with van der Waals surface area (Å²) in [5.74, 6) is 1.54. The smallest absolute Gasteiger partial charge is 0.254 e. The molecule has 3 aromatic heterocycles. The summed E-state index contributed by atoms with van der Waals surface area (Å²) >= 11 is 1.30. The number of imidazole rings is 1. The second-order valence-corrected chi connectivity index (χ2v) is 7.88. The number of hydrogen-bond acceptors (Lipinski definition) is 6. The van der Waals surface area contributed by atoms with Crippen LogP contribution in [0, 0.1) is 12.7 Å². The highest BCUT2D eigenvalue weighted by Gasteiger charge is 2.35. The van der Waals surface area contributed by atoms with Gasteiger partial charge in [0.2, 0.25) is 0 Å². The third-order valence-corrected chi connectivity index (χ3v) is 6.06. The Bertz CT molecular complexity index is 1210. The Morgan fingerprint density at radius 3 is 2.67 bits per heavy atom. The highest BCUT2D eigenvalue weighted by atomic mass is 32.1. The maximum absolute atomic E-state index is 13.3. The minimum absolute atomic E-state index is 0.145. The Kier molecular flexibility index (Phi) is 4.47. The Balaban J connectivity index is 1.60. The largest absolute Gasteiger partial charge is 0.463 e. The lowest BCUT2D eigenvalue weighted by molar-refractivity contribution is 0.0645. The van der Waals surface area contributed by atoms with Crippen LogP contribution in [0.1, 0.15) is 34.8 Å². The third kappa shape index (κ3) is 3.02. The zero-order valence-electron chi connectivity index (χ0n) is 16.4. The molecule has 0 saturated heterocycles. The normalized spacial score (nSPS) is 16.0. The summed E-state index contributed by atoms with van der Waals surface area (Å²) in [5, 5.41) is 0.733. The number of furan rings is 1. The maximum Gasteiger partial charge on any atom is 0.254 e. The molecule has 4 heterocycles. The van der Waals surface area contributed by atoms with Gasteiger partial charge in [0.1, 0.15) is 17.3 Å². The minimum Gasteiger partial charge on any atom is -0.463 e. The van der Waals surface area contributed by atoms with Crippen molar-refractivity contribution in [3.05, 3.63) is 65.6 Å². The predicted molar refractivity (Wildman–Crippen MR) is 109 cm³/mol. The highest BCUT2D eigenvalue weighted by molar-refractivity contribution is 7.09. The van der Waals surface area contributed by atoms with Crippen LogP contribution in [0.15, 0.2) is 47.1 Å². The molecule has 0 N–H and O–H groups in total. The first-order valence-corrected chi connectivity index (χ1v) is 10.3. The number of carbonyl (C=O) groups is 1. The molecule has 7 nitrogen and oxygen atoms in total. The molecule has 1 unspecified atom stereocenters. The molecule has 0 saturated carbocycles. The third-order valence-electron chi connectivity index (χ3n) is 5.26. The van der Waals surface area contributed by atoms with Gasteiger partial charge in [0.25, 0.3) is 5.91 Å². The van der Waals surface area contributed by atoms with Crippen LogP contribution in [0.25, 0.3) is 22.3 Å². The number of hydrogen-bond donors (Lipinski definition) is 0. The van der Waals surface area contributed by atoms with E-state index in [-0.39, 0.29) is 17.8 Å². The lowest BCUT2D eigenvalue weighted by Gasteiger charge is -2.35. The Labute approximate surface area is 176 Å². The van der Waals surface area contributed by atoms with Crippen molar-refractivity contribution in [2.75, 3.05) is 6.54 Å². The molecule has 4 aromatic rings. The molecule has 0 radical (unpaired) electrons. The number of halogens is 1. The first-order chi connectivity index (χ1) is 14.5. The zero-order chi connectivity index (χ0) is 20.8. The van der Waals surface area contributed by atoms with E-state index in [1.807, 2.05) is 26.0 Å². The molecule has 0 bridgehead atoms. The summed E-state index contributed by atoms with van der Waals surface area (Å²) in [7, 11) is 0. The van der Waals surface area contributed by atoms with E-state index in [4.69, 9.17) is 9.40 Å². The highest BCUT2D eigenvalue weighted by Crippen LogP contribution is 2.38. The minimum atomic E-state index is -0.367. The summed E-state index contributed by atoms with van der Waals surface area (Å²) in [6.07, 6.45) is 1.60. The summed E-state index contributed by atoms with van der Waals surface area (Å²) in [5.41, 5.74) is 2.03. The average Bonchev–Trinajstić information content (AvgIpc) is 3.47. The molecule has 0 spiro atoms. The van der Waals surface area contributed by atoms with Gasteiger partial charge in [0.15, 0.2) is 16.6 Å². The van der Waals surface area contributed by atoms with E-state index < -0.39 is 0 Å². The monoisotopic (exact) mass is 423 g/mol. The van der Waals surface area contributed by atoms with E-state index in [0.717, 1.165) is 16.5 Å². The van der Waals surface area contributed by atoms with Crippen molar-refractivity contribution in [2.24, 2.45) is 0 Å². The first-order valence-electron chi connectivity index (χ1n) is 9.54. The van der Waals surface area contributed by atoms with Gasteiger partial charge >= 0.3 is 0 Å². The van der Waals surface area contributed by atoms with Gasteiger partial charge in [-0.25, -0.2) is 14.4 Å². The number of aryl methyl sites for hydroxylation is 1. The first kappa shape index (κ1) is 18.7. The lowest BCUT2D eigenvalue weighted by atomic mass is 10.1. The number of carbonyl (C=O) groups excluding carboxylic acids is 1. The van der Waals surface area contributed by atoms with Crippen molar-refractivity contribution in [3.63, 3.8) is 0 Å². The topological polar surface area (TPSA) is 77.0 Å². The van der Waals surface area contributed by atoms with Gasteiger partial charge in [0, 0.05) is 18.7 Å². The Morgan fingerprint density at radius 2 is 2.00 bits per heavy atom. The van der Waals surface area contributed by atoms with Crippen molar-refractivity contribution in [3.8, 4) is 22.3 Å². The van der Waals surface area contributed by atoms with Gasteiger partial charge in [-0.1, -0.05) is 0 Å². The molecule has 0 aliphatic carbocycles. The SMILES string of the molecule is Cc1nsc(-c2nc(-c3ccco3)c3n2CCN(C(=O)c2ccc(F)cc2)C3C)n1. The van der Waals surface area contributed by atoms with Crippen LogP contribution < -0.4 is 0 Å². The van der Waals surface area contributed by atoms with Gasteiger partial charge in [-0.05, 0) is 61.8 Å². The van der Waals surface area contributed by atoms with Gasteiger partial charge in [-0.3, -0.25) is 4.79 Å². The number of amides is 1. The molecule has 152 valence electrons. The van der Waals surface area contributed by atoms with Crippen molar-refractivity contribution >= 4 is 17.4 Å². The molecule has 0 fully saturated rings. The van der Waals surface area contributed by atoms with Crippen molar-refractivity contribution in [1.29, 1.82) is 0 Å². The lowest BCUT2D eigenvalue weighted by Crippen LogP contribution is -2.41. The van der Waals surface area contributed by atoms with E-state index in [2.05, 4.69) is 13.9 Å². The zero-order valence-corrected chi connectivity index (χ0v) is 17.2. The molecule has 1 aromatic carbocycles. The van der Waals surface area contributed by atoms with Crippen LogP contribution in [0.4, 0.5) is 4.39 Å². The van der Waals surface area contributed by atoms with Crippen molar-refractivity contribution in [2.45, 2.75) is 26.4 Å². The van der Waals surface area contributed by atoms with Crippen LogP contribution in [0.5, 0.6) is 0 Å². The van der Waals surface area contributed by atoms with Crippen molar-refractivity contribution < 1.29 is 13.6 Å². The molecule has 1 aliphatic rings. The summed E-state index contributed by atoms with van der Waals surface area (Å²) < 4.78 is 25.3. The number of nitrogens with zero attached hydrogens (tertiary/aromatic N) is 5. The fraction of sp³-hybridized carbons (Fsp3) is 0.238. The second-order valence-electron chi connectivity index (χ2n) is 7.13. The second kappa shape index (κ2) is 7.17. The fourth-order valence-electron chi connectivity index (χ4n) is 3.85. The van der Waals surface area contributed by atoms with E-state index in [1.165, 1.54) is 35.8 Å². The molecule has 1 amide bonds.